The van der Waals surface area contributed by atoms with E-state index in [1.807, 2.05) is 30.0 Å². The summed E-state index contributed by atoms with van der Waals surface area (Å²) in [6.07, 6.45) is 3.48. The maximum Gasteiger partial charge on any atom is 0.239 e. The first kappa shape index (κ1) is 14.2. The number of hydrogen-bond donors (Lipinski definition) is 1. The molecule has 5 nitrogen and oxygen atoms in total. The standard InChI is InChI=1S/C16H22N2O3/c1-12(16(19)18-8-3-2-4-9-18)17-10-13-6-5-7-14-15(13)21-11-20-14/h5-7,12,17H,2-4,8-11H2,1H3. The molecule has 2 heterocycles. The lowest BCUT2D eigenvalue weighted by molar-refractivity contribution is -0.133. The fourth-order valence-electron chi connectivity index (χ4n) is 2.87. The smallest absolute Gasteiger partial charge is 0.239 e. The summed E-state index contributed by atoms with van der Waals surface area (Å²) >= 11 is 0. The number of likely N-dealkylation sites (tertiary alicyclic amines) is 1. The molecule has 1 saturated heterocycles. The number of nitrogens with one attached hydrogen (secondary N) is 1. The molecule has 114 valence electrons. The highest BCUT2D eigenvalue weighted by Crippen LogP contribution is 2.35. The quantitative estimate of drug-likeness (QED) is 0.920. The molecule has 2 aliphatic rings. The normalized spacial score (nSPS) is 18.6. The Balaban J connectivity index is 1.57. The van der Waals surface area contributed by atoms with Crippen molar-refractivity contribution < 1.29 is 14.3 Å². The van der Waals surface area contributed by atoms with E-state index in [2.05, 4.69) is 5.32 Å². The Labute approximate surface area is 125 Å². The summed E-state index contributed by atoms with van der Waals surface area (Å²) in [5.74, 6) is 1.77. The van der Waals surface area contributed by atoms with Gasteiger partial charge in [-0.25, -0.2) is 0 Å². The van der Waals surface area contributed by atoms with Crippen molar-refractivity contribution in [3.63, 3.8) is 0 Å². The Bertz CT molecular complexity index is 512. The molecule has 1 aromatic carbocycles. The number of ether oxygens (including phenoxy) is 2. The molecule has 0 aliphatic carbocycles. The van der Waals surface area contributed by atoms with Crippen molar-refractivity contribution in [1.29, 1.82) is 0 Å². The summed E-state index contributed by atoms with van der Waals surface area (Å²) in [4.78, 5) is 14.3. The molecule has 2 aliphatic heterocycles. The van der Waals surface area contributed by atoms with Crippen LogP contribution in [0.2, 0.25) is 0 Å². The topological polar surface area (TPSA) is 50.8 Å². The Hall–Kier alpha value is -1.75. The maximum atomic E-state index is 12.4. The van der Waals surface area contributed by atoms with Crippen LogP contribution in [-0.2, 0) is 11.3 Å². The van der Waals surface area contributed by atoms with Gasteiger partial charge >= 0.3 is 0 Å². The lowest BCUT2D eigenvalue weighted by Crippen LogP contribution is -2.46. The van der Waals surface area contributed by atoms with Gasteiger partial charge in [0.15, 0.2) is 11.5 Å². The summed E-state index contributed by atoms with van der Waals surface area (Å²) in [6, 6.07) is 5.66. The van der Waals surface area contributed by atoms with Crippen molar-refractivity contribution in [2.45, 2.75) is 38.8 Å². The third kappa shape index (κ3) is 3.13. The molecule has 1 aromatic rings. The largest absolute Gasteiger partial charge is 0.454 e. The van der Waals surface area contributed by atoms with E-state index < -0.39 is 0 Å². The van der Waals surface area contributed by atoms with Crippen molar-refractivity contribution >= 4 is 5.91 Å². The predicted octanol–water partition coefficient (Wildman–Crippen LogP) is 1.91. The number of fused-ring (bicyclic) bond motifs is 1. The highest BCUT2D eigenvalue weighted by molar-refractivity contribution is 5.81. The van der Waals surface area contributed by atoms with Crippen LogP contribution >= 0.6 is 0 Å². The molecule has 21 heavy (non-hydrogen) atoms. The molecule has 1 N–H and O–H groups in total. The van der Waals surface area contributed by atoms with Crippen molar-refractivity contribution in [3.05, 3.63) is 23.8 Å². The molecule has 3 rings (SSSR count). The highest BCUT2D eigenvalue weighted by Gasteiger charge is 2.23. The average molecular weight is 290 g/mol. The number of carbonyl (C=O) groups excluding carboxylic acids is 1. The predicted molar refractivity (Wildman–Crippen MR) is 79.3 cm³/mol. The van der Waals surface area contributed by atoms with Gasteiger partial charge in [-0.05, 0) is 32.3 Å². The van der Waals surface area contributed by atoms with E-state index in [0.717, 1.165) is 43.0 Å². The Morgan fingerprint density at radius 2 is 2.10 bits per heavy atom. The van der Waals surface area contributed by atoms with Crippen LogP contribution in [0.15, 0.2) is 18.2 Å². The second kappa shape index (κ2) is 6.35. The zero-order valence-corrected chi connectivity index (χ0v) is 12.4. The van der Waals surface area contributed by atoms with Gasteiger partial charge in [-0.3, -0.25) is 4.79 Å². The first-order chi connectivity index (χ1) is 10.3. The fraction of sp³-hybridized carbons (Fsp3) is 0.562. The van der Waals surface area contributed by atoms with Crippen LogP contribution in [-0.4, -0.2) is 36.7 Å². The monoisotopic (exact) mass is 290 g/mol. The summed E-state index contributed by atoms with van der Waals surface area (Å²) in [7, 11) is 0. The van der Waals surface area contributed by atoms with Crippen LogP contribution in [0.5, 0.6) is 11.5 Å². The summed E-state index contributed by atoms with van der Waals surface area (Å²) < 4.78 is 10.8. The second-order valence-corrected chi connectivity index (χ2v) is 5.64. The van der Waals surface area contributed by atoms with Gasteiger partial charge in [0, 0.05) is 25.2 Å². The molecule has 0 saturated carbocycles. The number of nitrogens with zero attached hydrogens (tertiary/aromatic N) is 1. The molecule has 1 amide bonds. The number of carbonyl (C=O) groups is 1. The lowest BCUT2D eigenvalue weighted by atomic mass is 10.1. The maximum absolute atomic E-state index is 12.4. The first-order valence-corrected chi connectivity index (χ1v) is 7.65. The number of benzene rings is 1. The van der Waals surface area contributed by atoms with Crippen molar-refractivity contribution in [2.24, 2.45) is 0 Å². The van der Waals surface area contributed by atoms with E-state index in [0.29, 0.717) is 6.54 Å². The van der Waals surface area contributed by atoms with Gasteiger partial charge in [0.2, 0.25) is 12.7 Å². The van der Waals surface area contributed by atoms with Crippen molar-refractivity contribution in [2.75, 3.05) is 19.9 Å². The van der Waals surface area contributed by atoms with Crippen LogP contribution in [0, 0.1) is 0 Å². The Morgan fingerprint density at radius 3 is 2.90 bits per heavy atom. The molecule has 0 spiro atoms. The van der Waals surface area contributed by atoms with Crippen LogP contribution < -0.4 is 14.8 Å². The molecular weight excluding hydrogens is 268 g/mol. The van der Waals surface area contributed by atoms with Crippen LogP contribution in [0.1, 0.15) is 31.7 Å². The van der Waals surface area contributed by atoms with Crippen LogP contribution in [0.3, 0.4) is 0 Å². The highest BCUT2D eigenvalue weighted by atomic mass is 16.7. The molecule has 0 aromatic heterocycles. The third-order valence-electron chi connectivity index (χ3n) is 4.12. The van der Waals surface area contributed by atoms with E-state index in [1.165, 1.54) is 6.42 Å². The number of amides is 1. The molecule has 1 atom stereocenters. The van der Waals surface area contributed by atoms with E-state index in [-0.39, 0.29) is 18.7 Å². The SMILES string of the molecule is CC(NCc1cccc2c1OCO2)C(=O)N1CCCCC1. The van der Waals surface area contributed by atoms with Gasteiger partial charge in [-0.2, -0.15) is 0 Å². The third-order valence-corrected chi connectivity index (χ3v) is 4.12. The second-order valence-electron chi connectivity index (χ2n) is 5.64. The van der Waals surface area contributed by atoms with Gasteiger partial charge in [-0.1, -0.05) is 12.1 Å². The van der Waals surface area contributed by atoms with E-state index in [9.17, 15) is 4.79 Å². The Kier molecular flexibility index (Phi) is 4.29. The van der Waals surface area contributed by atoms with E-state index in [1.54, 1.807) is 0 Å². The lowest BCUT2D eigenvalue weighted by Gasteiger charge is -2.29. The van der Waals surface area contributed by atoms with E-state index >= 15 is 0 Å². The number of hydrogen-bond acceptors (Lipinski definition) is 4. The number of piperidine rings is 1. The Morgan fingerprint density at radius 1 is 1.29 bits per heavy atom. The minimum Gasteiger partial charge on any atom is -0.454 e. The molecular formula is C16H22N2O3. The van der Waals surface area contributed by atoms with Crippen LogP contribution in [0.25, 0.3) is 0 Å². The van der Waals surface area contributed by atoms with Gasteiger partial charge in [0.25, 0.3) is 0 Å². The molecule has 1 fully saturated rings. The fourth-order valence-corrected chi connectivity index (χ4v) is 2.87. The van der Waals surface area contributed by atoms with Gasteiger partial charge < -0.3 is 19.7 Å². The zero-order chi connectivity index (χ0) is 14.7. The van der Waals surface area contributed by atoms with Gasteiger partial charge in [0.1, 0.15) is 0 Å². The molecule has 0 bridgehead atoms. The minimum absolute atomic E-state index is 0.179. The first-order valence-electron chi connectivity index (χ1n) is 7.65. The van der Waals surface area contributed by atoms with Crippen LogP contribution in [0.4, 0.5) is 0 Å². The van der Waals surface area contributed by atoms with Crippen molar-refractivity contribution in [3.8, 4) is 11.5 Å². The van der Waals surface area contributed by atoms with Gasteiger partial charge in [-0.15, -0.1) is 0 Å². The number of rotatable bonds is 4. The summed E-state index contributed by atoms with van der Waals surface area (Å²) in [5, 5.41) is 3.30. The van der Waals surface area contributed by atoms with Gasteiger partial charge in [0.05, 0.1) is 6.04 Å². The summed E-state index contributed by atoms with van der Waals surface area (Å²) in [5.41, 5.74) is 1.03. The zero-order valence-electron chi connectivity index (χ0n) is 12.4. The van der Waals surface area contributed by atoms with E-state index in [4.69, 9.17) is 9.47 Å². The summed E-state index contributed by atoms with van der Waals surface area (Å²) in [6.45, 7) is 4.59. The molecule has 5 heteroatoms. The average Bonchev–Trinajstić information content (AvgIpc) is 3.02. The number of para-hydroxylation sites is 1. The minimum atomic E-state index is -0.179. The molecule has 0 radical (unpaired) electrons. The van der Waals surface area contributed by atoms with Crippen molar-refractivity contribution in [1.82, 2.24) is 10.2 Å². The molecule has 1 unspecified atom stereocenters.